The number of para-hydroxylation sites is 2. The third-order valence-corrected chi connectivity index (χ3v) is 3.67. The Bertz CT molecular complexity index is 609. The van der Waals surface area contributed by atoms with Crippen molar-refractivity contribution in [2.45, 2.75) is 13.5 Å². The summed E-state index contributed by atoms with van der Waals surface area (Å²) >= 11 is 0. The van der Waals surface area contributed by atoms with Gasteiger partial charge < -0.3 is 14.3 Å². The lowest BCUT2D eigenvalue weighted by atomic mass is 10.1. The van der Waals surface area contributed by atoms with Gasteiger partial charge in [-0.05, 0) is 12.1 Å². The van der Waals surface area contributed by atoms with Gasteiger partial charge in [0.1, 0.15) is 0 Å². The Labute approximate surface area is 117 Å². The second-order valence-electron chi connectivity index (χ2n) is 5.15. The molecule has 1 unspecified atom stereocenters. The van der Waals surface area contributed by atoms with E-state index in [1.54, 1.807) is 11.1 Å². The Morgan fingerprint density at radius 3 is 2.75 bits per heavy atom. The molecule has 3 rings (SSSR count). The molecule has 2 aromatic rings. The molecule has 0 saturated heterocycles. The van der Waals surface area contributed by atoms with Crippen LogP contribution in [-0.4, -0.2) is 24.7 Å². The smallest absolute Gasteiger partial charge is 0.231 e. The second-order valence-corrected chi connectivity index (χ2v) is 5.15. The Morgan fingerprint density at radius 1 is 1.30 bits per heavy atom. The standard InChI is InChI=1S/C15H17N3O2/c1-11-9-18(10-12-7-8-16-20-12)14-6-4-3-5-13(14)17(2)15(11)19/h3-8,11H,9-10H2,1-2H3. The summed E-state index contributed by atoms with van der Waals surface area (Å²) in [7, 11) is 1.83. The van der Waals surface area contributed by atoms with Gasteiger partial charge in [0, 0.05) is 19.7 Å². The number of benzene rings is 1. The number of hydrogen-bond acceptors (Lipinski definition) is 4. The summed E-state index contributed by atoms with van der Waals surface area (Å²) in [6.45, 7) is 3.24. The van der Waals surface area contributed by atoms with Crippen LogP contribution in [0, 0.1) is 5.92 Å². The number of hydrogen-bond donors (Lipinski definition) is 0. The van der Waals surface area contributed by atoms with E-state index in [4.69, 9.17) is 4.52 Å². The summed E-state index contributed by atoms with van der Waals surface area (Å²) in [5, 5.41) is 3.74. The van der Waals surface area contributed by atoms with E-state index >= 15 is 0 Å². The van der Waals surface area contributed by atoms with E-state index < -0.39 is 0 Å². The Kier molecular flexibility index (Phi) is 3.18. The van der Waals surface area contributed by atoms with Gasteiger partial charge in [-0.2, -0.15) is 0 Å². The molecular formula is C15H17N3O2. The van der Waals surface area contributed by atoms with E-state index in [-0.39, 0.29) is 11.8 Å². The molecule has 104 valence electrons. The van der Waals surface area contributed by atoms with Crippen molar-refractivity contribution in [2.75, 3.05) is 23.4 Å². The van der Waals surface area contributed by atoms with Crippen molar-refractivity contribution < 1.29 is 9.32 Å². The molecule has 1 amide bonds. The average molecular weight is 271 g/mol. The van der Waals surface area contributed by atoms with Crippen LogP contribution in [0.3, 0.4) is 0 Å². The van der Waals surface area contributed by atoms with Gasteiger partial charge in [0.05, 0.1) is 30.0 Å². The van der Waals surface area contributed by atoms with E-state index in [2.05, 4.69) is 10.1 Å². The number of fused-ring (bicyclic) bond motifs is 1. The van der Waals surface area contributed by atoms with Crippen molar-refractivity contribution in [1.29, 1.82) is 0 Å². The maximum absolute atomic E-state index is 12.3. The van der Waals surface area contributed by atoms with Gasteiger partial charge in [-0.25, -0.2) is 0 Å². The average Bonchev–Trinajstić information content (AvgIpc) is 2.95. The highest BCUT2D eigenvalue weighted by atomic mass is 16.5. The summed E-state index contributed by atoms with van der Waals surface area (Å²) in [5.74, 6) is 0.872. The van der Waals surface area contributed by atoms with Gasteiger partial charge in [0.15, 0.2) is 5.76 Å². The van der Waals surface area contributed by atoms with Gasteiger partial charge in [0.2, 0.25) is 5.91 Å². The van der Waals surface area contributed by atoms with E-state index in [1.807, 2.05) is 44.3 Å². The summed E-state index contributed by atoms with van der Waals surface area (Å²) in [4.78, 5) is 16.2. The maximum Gasteiger partial charge on any atom is 0.231 e. The lowest BCUT2D eigenvalue weighted by Gasteiger charge is -2.24. The SMILES string of the molecule is CC1CN(Cc2ccno2)c2ccccc2N(C)C1=O. The Hall–Kier alpha value is -2.30. The van der Waals surface area contributed by atoms with E-state index in [1.165, 1.54) is 0 Å². The molecule has 0 saturated carbocycles. The molecule has 1 aliphatic rings. The third-order valence-electron chi connectivity index (χ3n) is 3.67. The zero-order chi connectivity index (χ0) is 14.1. The van der Waals surface area contributed by atoms with Crippen LogP contribution < -0.4 is 9.80 Å². The lowest BCUT2D eigenvalue weighted by Crippen LogP contribution is -2.34. The van der Waals surface area contributed by atoms with Crippen LogP contribution in [0.2, 0.25) is 0 Å². The van der Waals surface area contributed by atoms with Crippen LogP contribution in [0.4, 0.5) is 11.4 Å². The fourth-order valence-electron chi connectivity index (χ4n) is 2.63. The molecule has 1 atom stereocenters. The number of anilines is 2. The summed E-state index contributed by atoms with van der Waals surface area (Å²) in [6.07, 6.45) is 1.64. The summed E-state index contributed by atoms with van der Waals surface area (Å²) < 4.78 is 5.19. The first-order valence-corrected chi connectivity index (χ1v) is 6.68. The fourth-order valence-corrected chi connectivity index (χ4v) is 2.63. The van der Waals surface area contributed by atoms with Crippen molar-refractivity contribution in [3.63, 3.8) is 0 Å². The molecule has 2 heterocycles. The summed E-state index contributed by atoms with van der Waals surface area (Å²) in [5.41, 5.74) is 1.98. The monoisotopic (exact) mass is 271 g/mol. The van der Waals surface area contributed by atoms with Crippen LogP contribution >= 0.6 is 0 Å². The van der Waals surface area contributed by atoms with E-state index in [0.29, 0.717) is 13.1 Å². The molecule has 1 aromatic heterocycles. The van der Waals surface area contributed by atoms with Crippen molar-refractivity contribution >= 4 is 17.3 Å². The minimum absolute atomic E-state index is 0.0599. The topological polar surface area (TPSA) is 49.6 Å². The van der Waals surface area contributed by atoms with Crippen LogP contribution in [0.25, 0.3) is 0 Å². The number of carbonyl (C=O) groups excluding carboxylic acids is 1. The Morgan fingerprint density at radius 2 is 2.05 bits per heavy atom. The largest absolute Gasteiger partial charge is 0.361 e. The molecule has 0 fully saturated rings. The highest BCUT2D eigenvalue weighted by Gasteiger charge is 2.29. The van der Waals surface area contributed by atoms with Crippen LogP contribution in [-0.2, 0) is 11.3 Å². The molecule has 1 aliphatic heterocycles. The number of amides is 1. The number of rotatable bonds is 2. The minimum atomic E-state index is -0.0599. The molecule has 5 nitrogen and oxygen atoms in total. The van der Waals surface area contributed by atoms with Crippen molar-refractivity contribution in [3.05, 3.63) is 42.3 Å². The summed E-state index contributed by atoms with van der Waals surface area (Å²) in [6, 6.07) is 9.79. The predicted octanol–water partition coefficient (Wildman–Crippen LogP) is 2.29. The first-order valence-electron chi connectivity index (χ1n) is 6.68. The van der Waals surface area contributed by atoms with Crippen molar-refractivity contribution in [3.8, 4) is 0 Å². The first-order chi connectivity index (χ1) is 9.66. The molecule has 0 spiro atoms. The van der Waals surface area contributed by atoms with Crippen LogP contribution in [0.15, 0.2) is 41.1 Å². The van der Waals surface area contributed by atoms with Crippen LogP contribution in [0.1, 0.15) is 12.7 Å². The van der Waals surface area contributed by atoms with E-state index in [9.17, 15) is 4.79 Å². The fraction of sp³-hybridized carbons (Fsp3) is 0.333. The molecular weight excluding hydrogens is 254 g/mol. The zero-order valence-corrected chi connectivity index (χ0v) is 11.6. The second kappa shape index (κ2) is 5.00. The quantitative estimate of drug-likeness (QED) is 0.841. The molecule has 5 heteroatoms. The lowest BCUT2D eigenvalue weighted by molar-refractivity contribution is -0.121. The Balaban J connectivity index is 2.00. The molecule has 20 heavy (non-hydrogen) atoms. The highest BCUT2D eigenvalue weighted by Crippen LogP contribution is 2.33. The van der Waals surface area contributed by atoms with Gasteiger partial charge in [-0.15, -0.1) is 0 Å². The zero-order valence-electron chi connectivity index (χ0n) is 11.6. The number of nitrogens with zero attached hydrogens (tertiary/aromatic N) is 3. The number of carbonyl (C=O) groups is 1. The van der Waals surface area contributed by atoms with Crippen LogP contribution in [0.5, 0.6) is 0 Å². The third kappa shape index (κ3) is 2.15. The van der Waals surface area contributed by atoms with Crippen molar-refractivity contribution in [1.82, 2.24) is 5.16 Å². The molecule has 0 bridgehead atoms. The minimum Gasteiger partial charge on any atom is -0.361 e. The predicted molar refractivity (Wildman–Crippen MR) is 76.6 cm³/mol. The maximum atomic E-state index is 12.3. The molecule has 0 radical (unpaired) electrons. The molecule has 0 N–H and O–H groups in total. The molecule has 1 aromatic carbocycles. The van der Waals surface area contributed by atoms with E-state index in [0.717, 1.165) is 17.1 Å². The van der Waals surface area contributed by atoms with Crippen molar-refractivity contribution in [2.24, 2.45) is 5.92 Å². The normalized spacial score (nSPS) is 18.9. The van der Waals surface area contributed by atoms with Gasteiger partial charge in [-0.1, -0.05) is 24.2 Å². The first kappa shape index (κ1) is 12.7. The molecule has 0 aliphatic carbocycles. The van der Waals surface area contributed by atoms with Gasteiger partial charge in [-0.3, -0.25) is 4.79 Å². The van der Waals surface area contributed by atoms with Gasteiger partial charge in [0.25, 0.3) is 0 Å². The number of aromatic nitrogens is 1. The highest BCUT2D eigenvalue weighted by molar-refractivity contribution is 5.99. The van der Waals surface area contributed by atoms with Gasteiger partial charge >= 0.3 is 0 Å².